The maximum atomic E-state index is 12.4. The summed E-state index contributed by atoms with van der Waals surface area (Å²) in [6.45, 7) is 1.09. The van der Waals surface area contributed by atoms with Gasteiger partial charge in [0.2, 0.25) is 0 Å². The highest BCUT2D eigenvalue weighted by atomic mass is 32.1. The van der Waals surface area contributed by atoms with Crippen LogP contribution in [0.15, 0.2) is 24.3 Å². The summed E-state index contributed by atoms with van der Waals surface area (Å²) in [6.07, 6.45) is -4.37. The molecular weight excluding hydrogens is 265 g/mol. The van der Waals surface area contributed by atoms with E-state index in [2.05, 4.69) is 12.2 Å². The van der Waals surface area contributed by atoms with Gasteiger partial charge in [-0.1, -0.05) is 0 Å². The van der Waals surface area contributed by atoms with E-state index in [1.807, 2.05) is 6.92 Å². The molecule has 0 aliphatic heterocycles. The van der Waals surface area contributed by atoms with Crippen molar-refractivity contribution in [2.45, 2.75) is 13.1 Å². The summed E-state index contributed by atoms with van der Waals surface area (Å²) in [7, 11) is 0. The number of benzene rings is 1. The van der Waals surface area contributed by atoms with Gasteiger partial charge in [0.1, 0.15) is 12.3 Å². The van der Waals surface area contributed by atoms with Crippen LogP contribution in [0.3, 0.4) is 0 Å². The lowest BCUT2D eigenvalue weighted by molar-refractivity contribution is -0.117. The van der Waals surface area contributed by atoms with Gasteiger partial charge in [-0.3, -0.25) is 0 Å². The molecule has 2 N–H and O–H groups in total. The minimum absolute atomic E-state index is 0.281. The molecule has 1 rings (SSSR count). The van der Waals surface area contributed by atoms with Gasteiger partial charge in [-0.2, -0.15) is 13.2 Å². The van der Waals surface area contributed by atoms with Crippen LogP contribution in [-0.4, -0.2) is 24.4 Å². The van der Waals surface area contributed by atoms with Crippen molar-refractivity contribution in [3.63, 3.8) is 0 Å². The average molecular weight is 278 g/mol. The number of rotatable bonds is 4. The summed E-state index contributed by atoms with van der Waals surface area (Å²) in [5.41, 5.74) is 5.58. The third-order valence-corrected chi connectivity index (χ3v) is 2.28. The first kappa shape index (κ1) is 14.6. The van der Waals surface area contributed by atoms with Gasteiger partial charge < -0.3 is 15.4 Å². The average Bonchev–Trinajstić information content (AvgIpc) is 2.26. The standard InChI is InChI=1S/C11H13F3N2OS/c1-2-17-9-5-3-8(4-6-9)16(10(15)18)7-11(12,13)14/h3-6H,2,7H2,1H3,(H2,15,18). The molecule has 0 aliphatic rings. The fourth-order valence-corrected chi connectivity index (χ4v) is 1.53. The van der Waals surface area contributed by atoms with Crippen LogP contribution >= 0.6 is 12.2 Å². The summed E-state index contributed by atoms with van der Waals surface area (Å²) < 4.78 is 42.3. The molecule has 0 fully saturated rings. The van der Waals surface area contributed by atoms with Gasteiger partial charge in [-0.05, 0) is 43.4 Å². The number of ether oxygens (including phenoxy) is 1. The molecule has 0 saturated heterocycles. The van der Waals surface area contributed by atoms with E-state index in [4.69, 9.17) is 10.5 Å². The Hall–Kier alpha value is -1.50. The second-order valence-corrected chi connectivity index (χ2v) is 3.88. The van der Waals surface area contributed by atoms with E-state index in [0.29, 0.717) is 12.4 Å². The molecule has 0 radical (unpaired) electrons. The van der Waals surface area contributed by atoms with Crippen molar-refractivity contribution in [2.24, 2.45) is 5.73 Å². The Morgan fingerprint density at radius 2 is 1.89 bits per heavy atom. The summed E-state index contributed by atoms with van der Waals surface area (Å²) in [5, 5.41) is -0.323. The first-order valence-electron chi connectivity index (χ1n) is 5.20. The molecule has 7 heteroatoms. The lowest BCUT2D eigenvalue weighted by Crippen LogP contribution is -2.42. The number of hydrogen-bond acceptors (Lipinski definition) is 2. The van der Waals surface area contributed by atoms with Crippen molar-refractivity contribution in [1.29, 1.82) is 0 Å². The smallest absolute Gasteiger partial charge is 0.406 e. The largest absolute Gasteiger partial charge is 0.494 e. The van der Waals surface area contributed by atoms with Gasteiger partial charge in [0.15, 0.2) is 5.11 Å². The molecule has 0 heterocycles. The Labute approximate surface area is 108 Å². The van der Waals surface area contributed by atoms with Gasteiger partial charge in [-0.25, -0.2) is 0 Å². The molecule has 1 aromatic carbocycles. The monoisotopic (exact) mass is 278 g/mol. The molecule has 0 aromatic heterocycles. The summed E-state index contributed by atoms with van der Waals surface area (Å²) in [6, 6.07) is 6.10. The second-order valence-electron chi connectivity index (χ2n) is 3.47. The zero-order chi connectivity index (χ0) is 13.8. The van der Waals surface area contributed by atoms with Crippen LogP contribution in [0.2, 0.25) is 0 Å². The highest BCUT2D eigenvalue weighted by Gasteiger charge is 2.32. The van der Waals surface area contributed by atoms with Gasteiger partial charge in [0.05, 0.1) is 6.61 Å². The van der Waals surface area contributed by atoms with E-state index < -0.39 is 12.7 Å². The molecule has 0 spiro atoms. The molecule has 100 valence electrons. The third kappa shape index (κ3) is 4.40. The van der Waals surface area contributed by atoms with E-state index in [0.717, 1.165) is 4.90 Å². The van der Waals surface area contributed by atoms with Crippen molar-refractivity contribution in [3.8, 4) is 5.75 Å². The molecule has 0 unspecified atom stereocenters. The van der Waals surface area contributed by atoms with Crippen LogP contribution in [-0.2, 0) is 0 Å². The number of nitrogens with zero attached hydrogens (tertiary/aromatic N) is 1. The number of anilines is 1. The molecule has 0 atom stereocenters. The van der Waals surface area contributed by atoms with E-state index in [9.17, 15) is 13.2 Å². The van der Waals surface area contributed by atoms with Crippen LogP contribution < -0.4 is 15.4 Å². The number of alkyl halides is 3. The van der Waals surface area contributed by atoms with E-state index >= 15 is 0 Å². The number of nitrogens with two attached hydrogens (primary N) is 1. The fourth-order valence-electron chi connectivity index (χ4n) is 1.36. The van der Waals surface area contributed by atoms with Crippen LogP contribution in [0.4, 0.5) is 18.9 Å². The molecule has 3 nitrogen and oxygen atoms in total. The molecule has 18 heavy (non-hydrogen) atoms. The minimum Gasteiger partial charge on any atom is -0.494 e. The maximum Gasteiger partial charge on any atom is 0.406 e. The quantitative estimate of drug-likeness (QED) is 0.859. The van der Waals surface area contributed by atoms with Crippen molar-refractivity contribution in [3.05, 3.63) is 24.3 Å². The lowest BCUT2D eigenvalue weighted by atomic mass is 10.2. The maximum absolute atomic E-state index is 12.4. The second kappa shape index (κ2) is 5.90. The summed E-state index contributed by atoms with van der Waals surface area (Å²) >= 11 is 4.62. The van der Waals surface area contributed by atoms with E-state index in [1.165, 1.54) is 12.1 Å². The number of halogens is 3. The van der Waals surface area contributed by atoms with E-state index in [-0.39, 0.29) is 10.8 Å². The molecular formula is C11H13F3N2OS. The van der Waals surface area contributed by atoms with Crippen molar-refractivity contribution < 1.29 is 17.9 Å². The third-order valence-electron chi connectivity index (χ3n) is 2.06. The van der Waals surface area contributed by atoms with Gasteiger partial charge >= 0.3 is 6.18 Å². The van der Waals surface area contributed by atoms with E-state index in [1.54, 1.807) is 12.1 Å². The zero-order valence-electron chi connectivity index (χ0n) is 9.70. The van der Waals surface area contributed by atoms with Crippen LogP contribution in [0.5, 0.6) is 5.75 Å². The molecule has 0 amide bonds. The Balaban J connectivity index is 2.89. The minimum atomic E-state index is -4.37. The van der Waals surface area contributed by atoms with Crippen LogP contribution in [0, 0.1) is 0 Å². The summed E-state index contributed by atoms with van der Waals surface area (Å²) in [5.74, 6) is 0.580. The number of hydrogen-bond donors (Lipinski definition) is 1. The molecule has 0 aliphatic carbocycles. The van der Waals surface area contributed by atoms with Crippen molar-refractivity contribution in [2.75, 3.05) is 18.1 Å². The predicted molar refractivity (Wildman–Crippen MR) is 67.8 cm³/mol. The van der Waals surface area contributed by atoms with Crippen LogP contribution in [0.1, 0.15) is 6.92 Å². The first-order chi connectivity index (χ1) is 8.33. The Bertz CT molecular complexity index is 406. The van der Waals surface area contributed by atoms with Crippen LogP contribution in [0.25, 0.3) is 0 Å². The topological polar surface area (TPSA) is 38.5 Å². The molecule has 1 aromatic rings. The van der Waals surface area contributed by atoms with Gasteiger partial charge in [0.25, 0.3) is 0 Å². The first-order valence-corrected chi connectivity index (χ1v) is 5.61. The van der Waals surface area contributed by atoms with Crippen molar-refractivity contribution >= 4 is 23.0 Å². The van der Waals surface area contributed by atoms with Crippen molar-refractivity contribution in [1.82, 2.24) is 0 Å². The highest BCUT2D eigenvalue weighted by molar-refractivity contribution is 7.80. The zero-order valence-corrected chi connectivity index (χ0v) is 10.5. The Kier molecular flexibility index (Phi) is 4.77. The molecule has 0 saturated carbocycles. The van der Waals surface area contributed by atoms with Gasteiger partial charge in [-0.15, -0.1) is 0 Å². The lowest BCUT2D eigenvalue weighted by Gasteiger charge is -2.24. The highest BCUT2D eigenvalue weighted by Crippen LogP contribution is 2.24. The number of thiocarbonyl (C=S) groups is 1. The SMILES string of the molecule is CCOc1ccc(N(CC(F)(F)F)C(N)=S)cc1. The normalized spacial score (nSPS) is 11.1. The Morgan fingerprint density at radius 1 is 1.33 bits per heavy atom. The fraction of sp³-hybridized carbons (Fsp3) is 0.364. The Morgan fingerprint density at radius 3 is 2.28 bits per heavy atom. The van der Waals surface area contributed by atoms with Gasteiger partial charge in [0, 0.05) is 5.69 Å². The predicted octanol–water partition coefficient (Wildman–Crippen LogP) is 2.70. The molecule has 0 bridgehead atoms. The summed E-state index contributed by atoms with van der Waals surface area (Å²) in [4.78, 5) is 0.824.